The van der Waals surface area contributed by atoms with Gasteiger partial charge in [-0.3, -0.25) is 4.79 Å². The standard InChI is InChI=1S/C18H22N2O2S.ClH/c1-12-11-19-8-9-20(12)18(21)17-10-16(13(2)23-17)14-4-6-15(22-3)7-5-14;/h4-7,10,12,19H,8-9,11H2,1-3H3;1H/t12-;/m1./s1. The van der Waals surface area contributed by atoms with Gasteiger partial charge in [0.05, 0.1) is 12.0 Å². The zero-order chi connectivity index (χ0) is 16.4. The highest BCUT2D eigenvalue weighted by Crippen LogP contribution is 2.32. The molecule has 0 unspecified atom stereocenters. The first-order valence-corrected chi connectivity index (χ1v) is 8.68. The van der Waals surface area contributed by atoms with E-state index in [1.54, 1.807) is 18.4 Å². The van der Waals surface area contributed by atoms with E-state index in [4.69, 9.17) is 4.74 Å². The number of carbonyl (C=O) groups excluding carboxylic acids is 1. The van der Waals surface area contributed by atoms with Gasteiger partial charge in [-0.15, -0.1) is 23.7 Å². The van der Waals surface area contributed by atoms with Crippen LogP contribution in [0.4, 0.5) is 0 Å². The lowest BCUT2D eigenvalue weighted by molar-refractivity contribution is 0.0661. The zero-order valence-corrected chi connectivity index (χ0v) is 15.8. The van der Waals surface area contributed by atoms with E-state index in [0.717, 1.165) is 41.4 Å². The Labute approximate surface area is 153 Å². The van der Waals surface area contributed by atoms with Gasteiger partial charge in [0.2, 0.25) is 0 Å². The number of methoxy groups -OCH3 is 1. The maximum Gasteiger partial charge on any atom is 0.264 e. The van der Waals surface area contributed by atoms with Crippen molar-refractivity contribution in [2.24, 2.45) is 0 Å². The van der Waals surface area contributed by atoms with Crippen LogP contribution >= 0.6 is 23.7 Å². The minimum atomic E-state index is 0. The SMILES string of the molecule is COc1ccc(-c2cc(C(=O)N3CCNC[C@H]3C)sc2C)cc1.Cl. The van der Waals surface area contributed by atoms with Crippen LogP contribution in [0.3, 0.4) is 0 Å². The normalized spacial score (nSPS) is 17.3. The summed E-state index contributed by atoms with van der Waals surface area (Å²) < 4.78 is 5.21. The van der Waals surface area contributed by atoms with E-state index in [1.165, 1.54) is 4.88 Å². The second kappa shape index (κ2) is 8.01. The summed E-state index contributed by atoms with van der Waals surface area (Å²) in [6.07, 6.45) is 0. The van der Waals surface area contributed by atoms with Crippen molar-refractivity contribution in [2.75, 3.05) is 26.7 Å². The van der Waals surface area contributed by atoms with Crippen molar-refractivity contribution in [3.05, 3.63) is 40.1 Å². The number of nitrogens with zero attached hydrogens (tertiary/aromatic N) is 1. The van der Waals surface area contributed by atoms with Crippen molar-refractivity contribution < 1.29 is 9.53 Å². The number of halogens is 1. The van der Waals surface area contributed by atoms with E-state index in [0.29, 0.717) is 0 Å². The molecule has 1 fully saturated rings. The molecular formula is C18H23ClN2O2S. The van der Waals surface area contributed by atoms with Crippen LogP contribution in [0.1, 0.15) is 21.5 Å². The van der Waals surface area contributed by atoms with Crippen molar-refractivity contribution in [3.8, 4) is 16.9 Å². The van der Waals surface area contributed by atoms with Gasteiger partial charge in [-0.2, -0.15) is 0 Å². The predicted octanol–water partition coefficient (Wildman–Crippen LogP) is 3.59. The second-order valence-electron chi connectivity index (χ2n) is 5.86. The molecule has 1 saturated heterocycles. The topological polar surface area (TPSA) is 41.6 Å². The highest BCUT2D eigenvalue weighted by Gasteiger charge is 2.25. The number of hydrogen-bond donors (Lipinski definition) is 1. The number of thiophene rings is 1. The van der Waals surface area contributed by atoms with Crippen LogP contribution in [0.2, 0.25) is 0 Å². The highest BCUT2D eigenvalue weighted by atomic mass is 35.5. The van der Waals surface area contributed by atoms with Crippen LogP contribution < -0.4 is 10.1 Å². The lowest BCUT2D eigenvalue weighted by atomic mass is 10.1. The van der Waals surface area contributed by atoms with Crippen LogP contribution in [-0.2, 0) is 0 Å². The molecule has 1 aliphatic heterocycles. The van der Waals surface area contributed by atoms with Crippen LogP contribution in [-0.4, -0.2) is 43.6 Å². The molecule has 2 aromatic rings. The van der Waals surface area contributed by atoms with Crippen molar-refractivity contribution in [2.45, 2.75) is 19.9 Å². The third-order valence-corrected chi connectivity index (χ3v) is 5.33. The number of hydrogen-bond acceptors (Lipinski definition) is 4. The number of aryl methyl sites for hydroxylation is 1. The third-order valence-electron chi connectivity index (χ3n) is 4.29. The summed E-state index contributed by atoms with van der Waals surface area (Å²) in [7, 11) is 1.66. The molecule has 2 heterocycles. The van der Waals surface area contributed by atoms with Gasteiger partial charge in [0.15, 0.2) is 0 Å². The molecule has 130 valence electrons. The van der Waals surface area contributed by atoms with Crippen LogP contribution in [0.5, 0.6) is 5.75 Å². The summed E-state index contributed by atoms with van der Waals surface area (Å²) >= 11 is 1.58. The molecule has 1 atom stereocenters. The van der Waals surface area contributed by atoms with Crippen molar-refractivity contribution >= 4 is 29.7 Å². The summed E-state index contributed by atoms with van der Waals surface area (Å²) in [6.45, 7) is 6.67. The monoisotopic (exact) mass is 366 g/mol. The van der Waals surface area contributed by atoms with Crippen molar-refractivity contribution in [3.63, 3.8) is 0 Å². The summed E-state index contributed by atoms with van der Waals surface area (Å²) in [4.78, 5) is 16.8. The largest absolute Gasteiger partial charge is 0.497 e. The fourth-order valence-corrected chi connectivity index (χ4v) is 3.93. The molecule has 1 amide bonds. The number of carbonyl (C=O) groups is 1. The maximum absolute atomic E-state index is 12.8. The molecule has 0 radical (unpaired) electrons. The number of amides is 1. The molecule has 0 aliphatic carbocycles. The maximum atomic E-state index is 12.8. The number of piperazine rings is 1. The van der Waals surface area contributed by atoms with E-state index >= 15 is 0 Å². The minimum Gasteiger partial charge on any atom is -0.497 e. The Kier molecular flexibility index (Phi) is 6.27. The predicted molar refractivity (Wildman–Crippen MR) is 102 cm³/mol. The van der Waals surface area contributed by atoms with Crippen LogP contribution in [0, 0.1) is 6.92 Å². The molecule has 1 aromatic carbocycles. The van der Waals surface area contributed by atoms with E-state index in [-0.39, 0.29) is 24.4 Å². The molecule has 24 heavy (non-hydrogen) atoms. The van der Waals surface area contributed by atoms with E-state index in [1.807, 2.05) is 35.2 Å². The Morgan fingerprint density at radius 1 is 1.33 bits per heavy atom. The molecular weight excluding hydrogens is 344 g/mol. The van der Waals surface area contributed by atoms with Crippen LogP contribution in [0.15, 0.2) is 30.3 Å². The van der Waals surface area contributed by atoms with Gasteiger partial charge >= 0.3 is 0 Å². The van der Waals surface area contributed by atoms with Gasteiger partial charge in [0, 0.05) is 30.6 Å². The Morgan fingerprint density at radius 2 is 2.04 bits per heavy atom. The van der Waals surface area contributed by atoms with E-state index in [2.05, 4.69) is 19.2 Å². The number of nitrogens with one attached hydrogen (secondary N) is 1. The average molecular weight is 367 g/mol. The molecule has 1 N–H and O–H groups in total. The lowest BCUT2D eigenvalue weighted by Crippen LogP contribution is -2.52. The Hall–Kier alpha value is -1.56. The number of benzene rings is 1. The van der Waals surface area contributed by atoms with E-state index in [9.17, 15) is 4.79 Å². The van der Waals surface area contributed by atoms with Gasteiger partial charge in [-0.25, -0.2) is 0 Å². The average Bonchev–Trinajstić information content (AvgIpc) is 2.96. The molecule has 0 saturated carbocycles. The summed E-state index contributed by atoms with van der Waals surface area (Å²) in [5.74, 6) is 0.986. The second-order valence-corrected chi connectivity index (χ2v) is 7.12. The summed E-state index contributed by atoms with van der Waals surface area (Å²) in [5, 5.41) is 3.32. The molecule has 0 spiro atoms. The fourth-order valence-electron chi connectivity index (χ4n) is 2.93. The molecule has 0 bridgehead atoms. The first kappa shape index (κ1) is 18.8. The molecule has 4 nitrogen and oxygen atoms in total. The quantitative estimate of drug-likeness (QED) is 0.902. The first-order valence-electron chi connectivity index (χ1n) is 7.86. The molecule has 3 rings (SSSR count). The summed E-state index contributed by atoms with van der Waals surface area (Å²) in [5.41, 5.74) is 2.25. The number of ether oxygens (including phenoxy) is 1. The fraction of sp³-hybridized carbons (Fsp3) is 0.389. The van der Waals surface area contributed by atoms with Crippen LogP contribution in [0.25, 0.3) is 11.1 Å². The van der Waals surface area contributed by atoms with Gasteiger partial charge in [-0.05, 0) is 43.2 Å². The zero-order valence-electron chi connectivity index (χ0n) is 14.2. The van der Waals surface area contributed by atoms with Gasteiger partial charge < -0.3 is 15.0 Å². The smallest absolute Gasteiger partial charge is 0.264 e. The Bertz CT molecular complexity index is 700. The Morgan fingerprint density at radius 3 is 2.67 bits per heavy atom. The van der Waals surface area contributed by atoms with Gasteiger partial charge in [0.25, 0.3) is 5.91 Å². The molecule has 1 aromatic heterocycles. The highest BCUT2D eigenvalue weighted by molar-refractivity contribution is 7.14. The Balaban J connectivity index is 0.00000208. The summed E-state index contributed by atoms with van der Waals surface area (Å²) in [6, 6.07) is 10.2. The molecule has 6 heteroatoms. The van der Waals surface area contributed by atoms with Crippen molar-refractivity contribution in [1.29, 1.82) is 0 Å². The van der Waals surface area contributed by atoms with Gasteiger partial charge in [-0.1, -0.05) is 12.1 Å². The van der Waals surface area contributed by atoms with E-state index < -0.39 is 0 Å². The first-order chi connectivity index (χ1) is 11.1. The third kappa shape index (κ3) is 3.74. The van der Waals surface area contributed by atoms with Crippen molar-refractivity contribution in [1.82, 2.24) is 10.2 Å². The van der Waals surface area contributed by atoms with Gasteiger partial charge in [0.1, 0.15) is 5.75 Å². The lowest BCUT2D eigenvalue weighted by Gasteiger charge is -2.33. The number of rotatable bonds is 3. The minimum absolute atomic E-state index is 0. The molecule has 1 aliphatic rings.